The number of nitrogens with two attached hydrogens (primary N) is 1. The molecule has 0 bridgehead atoms. The van der Waals surface area contributed by atoms with Crippen molar-refractivity contribution >= 4 is 5.82 Å². The van der Waals surface area contributed by atoms with Gasteiger partial charge in [-0.1, -0.05) is 32.9 Å². The fourth-order valence-electron chi connectivity index (χ4n) is 2.55. The van der Waals surface area contributed by atoms with E-state index < -0.39 is 0 Å². The van der Waals surface area contributed by atoms with Crippen molar-refractivity contribution in [1.82, 2.24) is 9.97 Å². The summed E-state index contributed by atoms with van der Waals surface area (Å²) < 4.78 is 5.97. The summed E-state index contributed by atoms with van der Waals surface area (Å²) in [7, 11) is 0. The highest BCUT2D eigenvalue weighted by atomic mass is 16.5. The Hall–Kier alpha value is -1.62. The number of ether oxygens (including phenoxy) is 1. The Labute approximate surface area is 120 Å². The molecule has 0 aliphatic heterocycles. The SMILES string of the molecule is CC(C)c1c(NN)ncnc1OCC1CC=CCC1C. The lowest BCUT2D eigenvalue weighted by Gasteiger charge is -2.25. The van der Waals surface area contributed by atoms with Crippen LogP contribution in [0.5, 0.6) is 5.88 Å². The van der Waals surface area contributed by atoms with E-state index in [-0.39, 0.29) is 5.92 Å². The Morgan fingerprint density at radius 2 is 2.10 bits per heavy atom. The molecule has 2 rings (SSSR count). The molecule has 0 radical (unpaired) electrons. The molecule has 0 aromatic carbocycles. The highest BCUT2D eigenvalue weighted by Gasteiger charge is 2.21. The van der Waals surface area contributed by atoms with Gasteiger partial charge in [0.15, 0.2) is 5.82 Å². The topological polar surface area (TPSA) is 73.1 Å². The summed E-state index contributed by atoms with van der Waals surface area (Å²) >= 11 is 0. The Morgan fingerprint density at radius 3 is 2.75 bits per heavy atom. The second kappa shape index (κ2) is 6.70. The minimum Gasteiger partial charge on any atom is -0.477 e. The quantitative estimate of drug-likeness (QED) is 0.491. The molecule has 2 unspecified atom stereocenters. The molecule has 0 saturated heterocycles. The highest BCUT2D eigenvalue weighted by Crippen LogP contribution is 2.31. The van der Waals surface area contributed by atoms with Crippen LogP contribution in [-0.4, -0.2) is 16.6 Å². The standard InChI is InChI=1S/C15H24N4O/c1-10(2)13-14(19-16)17-9-18-15(13)20-8-12-7-5-4-6-11(12)3/h4-5,9-12H,6-8,16H2,1-3H3,(H,17,18,19). The number of hydrazine groups is 1. The van der Waals surface area contributed by atoms with Crippen LogP contribution in [0.3, 0.4) is 0 Å². The molecule has 0 amide bonds. The number of hydrogen-bond donors (Lipinski definition) is 2. The fraction of sp³-hybridized carbons (Fsp3) is 0.600. The van der Waals surface area contributed by atoms with Gasteiger partial charge in [-0.05, 0) is 30.6 Å². The summed E-state index contributed by atoms with van der Waals surface area (Å²) in [6.45, 7) is 7.12. The van der Waals surface area contributed by atoms with Crippen molar-refractivity contribution in [3.05, 3.63) is 24.0 Å². The molecule has 0 saturated carbocycles. The van der Waals surface area contributed by atoms with E-state index in [1.807, 2.05) is 0 Å². The molecule has 1 aromatic heterocycles. The third-order valence-electron chi connectivity index (χ3n) is 3.91. The third-order valence-corrected chi connectivity index (χ3v) is 3.91. The zero-order chi connectivity index (χ0) is 14.5. The minimum absolute atomic E-state index is 0.251. The Bertz CT molecular complexity index is 473. The van der Waals surface area contributed by atoms with Crippen molar-refractivity contribution < 1.29 is 4.74 Å². The van der Waals surface area contributed by atoms with E-state index in [0.29, 0.717) is 30.1 Å². The fourth-order valence-corrected chi connectivity index (χ4v) is 2.55. The van der Waals surface area contributed by atoms with Crippen molar-refractivity contribution in [1.29, 1.82) is 0 Å². The predicted octanol–water partition coefficient (Wildman–Crippen LogP) is 2.87. The number of allylic oxidation sites excluding steroid dienone is 2. The summed E-state index contributed by atoms with van der Waals surface area (Å²) in [4.78, 5) is 8.42. The van der Waals surface area contributed by atoms with Crippen LogP contribution in [0.2, 0.25) is 0 Å². The molecule has 0 fully saturated rings. The number of anilines is 1. The van der Waals surface area contributed by atoms with Gasteiger partial charge in [0, 0.05) is 0 Å². The van der Waals surface area contributed by atoms with Gasteiger partial charge in [-0.2, -0.15) is 0 Å². The van der Waals surface area contributed by atoms with E-state index in [9.17, 15) is 0 Å². The molecular formula is C15H24N4O. The first-order valence-electron chi connectivity index (χ1n) is 7.22. The normalized spacial score (nSPS) is 22.1. The summed E-state index contributed by atoms with van der Waals surface area (Å²) in [5, 5.41) is 0. The van der Waals surface area contributed by atoms with Gasteiger partial charge in [0.25, 0.3) is 0 Å². The summed E-state index contributed by atoms with van der Waals surface area (Å²) in [5.41, 5.74) is 3.56. The van der Waals surface area contributed by atoms with Crippen molar-refractivity contribution in [3.8, 4) is 5.88 Å². The van der Waals surface area contributed by atoms with Crippen molar-refractivity contribution in [2.45, 2.75) is 39.5 Å². The van der Waals surface area contributed by atoms with E-state index in [4.69, 9.17) is 10.6 Å². The molecule has 20 heavy (non-hydrogen) atoms. The van der Waals surface area contributed by atoms with Crippen LogP contribution in [0, 0.1) is 11.8 Å². The van der Waals surface area contributed by atoms with E-state index in [1.54, 1.807) is 0 Å². The molecule has 1 aliphatic carbocycles. The summed E-state index contributed by atoms with van der Waals surface area (Å²) in [6.07, 6.45) is 8.18. The second-order valence-electron chi connectivity index (χ2n) is 5.73. The maximum Gasteiger partial charge on any atom is 0.222 e. The van der Waals surface area contributed by atoms with Crippen LogP contribution in [0.15, 0.2) is 18.5 Å². The number of rotatable bonds is 5. The molecule has 1 aliphatic rings. The zero-order valence-electron chi connectivity index (χ0n) is 12.5. The van der Waals surface area contributed by atoms with Crippen molar-refractivity contribution in [2.75, 3.05) is 12.0 Å². The van der Waals surface area contributed by atoms with Crippen LogP contribution in [0.4, 0.5) is 5.82 Å². The number of hydrogen-bond acceptors (Lipinski definition) is 5. The van der Waals surface area contributed by atoms with E-state index in [1.165, 1.54) is 6.33 Å². The summed E-state index contributed by atoms with van der Waals surface area (Å²) in [6, 6.07) is 0. The van der Waals surface area contributed by atoms with Crippen LogP contribution < -0.4 is 16.0 Å². The smallest absolute Gasteiger partial charge is 0.222 e. The number of nitrogens with zero attached hydrogens (tertiary/aromatic N) is 2. The lowest BCUT2D eigenvalue weighted by atomic mass is 9.85. The molecule has 5 heteroatoms. The molecule has 1 aromatic rings. The van der Waals surface area contributed by atoms with E-state index >= 15 is 0 Å². The number of nitrogen functional groups attached to an aromatic ring is 1. The zero-order valence-corrected chi connectivity index (χ0v) is 12.5. The van der Waals surface area contributed by atoms with Gasteiger partial charge in [0.1, 0.15) is 6.33 Å². The average Bonchev–Trinajstić information content (AvgIpc) is 2.45. The van der Waals surface area contributed by atoms with Gasteiger partial charge in [-0.15, -0.1) is 0 Å². The maximum absolute atomic E-state index is 5.97. The molecular weight excluding hydrogens is 252 g/mol. The number of aromatic nitrogens is 2. The van der Waals surface area contributed by atoms with Gasteiger partial charge in [0.2, 0.25) is 5.88 Å². The van der Waals surface area contributed by atoms with Gasteiger partial charge in [0.05, 0.1) is 12.2 Å². The first-order chi connectivity index (χ1) is 9.63. The summed E-state index contributed by atoms with van der Waals surface area (Å²) in [5.74, 6) is 8.24. The lowest BCUT2D eigenvalue weighted by molar-refractivity contribution is 0.190. The third kappa shape index (κ3) is 3.28. The Balaban J connectivity index is 2.11. The largest absolute Gasteiger partial charge is 0.477 e. The average molecular weight is 276 g/mol. The maximum atomic E-state index is 5.97. The second-order valence-corrected chi connectivity index (χ2v) is 5.73. The Kier molecular flexibility index (Phi) is 4.95. The molecule has 2 atom stereocenters. The molecule has 5 nitrogen and oxygen atoms in total. The minimum atomic E-state index is 0.251. The van der Waals surface area contributed by atoms with Crippen LogP contribution >= 0.6 is 0 Å². The van der Waals surface area contributed by atoms with E-state index in [0.717, 1.165) is 18.4 Å². The molecule has 1 heterocycles. The van der Waals surface area contributed by atoms with Gasteiger partial charge < -0.3 is 10.2 Å². The number of nitrogens with one attached hydrogen (secondary N) is 1. The predicted molar refractivity (Wildman–Crippen MR) is 80.5 cm³/mol. The van der Waals surface area contributed by atoms with Crippen molar-refractivity contribution in [3.63, 3.8) is 0 Å². The van der Waals surface area contributed by atoms with E-state index in [2.05, 4.69) is 48.3 Å². The Morgan fingerprint density at radius 1 is 1.35 bits per heavy atom. The van der Waals surface area contributed by atoms with Crippen LogP contribution in [0.25, 0.3) is 0 Å². The molecule has 3 N–H and O–H groups in total. The highest BCUT2D eigenvalue weighted by molar-refractivity contribution is 5.49. The lowest BCUT2D eigenvalue weighted by Crippen LogP contribution is -2.22. The van der Waals surface area contributed by atoms with Gasteiger partial charge >= 0.3 is 0 Å². The first kappa shape index (κ1) is 14.8. The molecule has 0 spiro atoms. The van der Waals surface area contributed by atoms with Crippen LogP contribution in [0.1, 0.15) is 45.1 Å². The monoisotopic (exact) mass is 276 g/mol. The first-order valence-corrected chi connectivity index (χ1v) is 7.22. The van der Waals surface area contributed by atoms with Crippen LogP contribution in [-0.2, 0) is 0 Å². The molecule has 110 valence electrons. The van der Waals surface area contributed by atoms with Gasteiger partial charge in [-0.25, -0.2) is 15.8 Å². The van der Waals surface area contributed by atoms with Gasteiger partial charge in [-0.3, -0.25) is 0 Å². The van der Waals surface area contributed by atoms with Crippen molar-refractivity contribution in [2.24, 2.45) is 17.7 Å².